The Balaban J connectivity index is 1.69. The third kappa shape index (κ3) is 2.68. The molecule has 19 heavy (non-hydrogen) atoms. The molecule has 0 spiro atoms. The number of rotatable bonds is 4. The highest BCUT2D eigenvalue weighted by Crippen LogP contribution is 2.41. The van der Waals surface area contributed by atoms with Crippen molar-refractivity contribution in [2.75, 3.05) is 0 Å². The molecule has 1 saturated carbocycles. The van der Waals surface area contributed by atoms with Gasteiger partial charge in [-0.25, -0.2) is 0 Å². The molecule has 0 heterocycles. The van der Waals surface area contributed by atoms with E-state index in [2.05, 4.69) is 36.4 Å². The van der Waals surface area contributed by atoms with Crippen LogP contribution in [-0.2, 0) is 11.2 Å². The van der Waals surface area contributed by atoms with E-state index in [1.807, 2.05) is 18.2 Å². The van der Waals surface area contributed by atoms with E-state index in [9.17, 15) is 4.79 Å². The van der Waals surface area contributed by atoms with E-state index in [0.29, 0.717) is 5.92 Å². The van der Waals surface area contributed by atoms with Crippen LogP contribution in [0.15, 0.2) is 54.6 Å². The zero-order valence-corrected chi connectivity index (χ0v) is 10.6. The summed E-state index contributed by atoms with van der Waals surface area (Å²) in [6.07, 6.45) is 1.71. The molecule has 1 aliphatic rings. The first-order valence-electron chi connectivity index (χ1n) is 6.61. The first-order chi connectivity index (χ1) is 9.24. The lowest BCUT2D eigenvalue weighted by atomic mass is 10.0. The van der Waals surface area contributed by atoms with E-state index >= 15 is 0 Å². The molecule has 0 saturated heterocycles. The predicted octanol–water partition coefficient (Wildman–Crippen LogP) is 3.62. The van der Waals surface area contributed by atoms with E-state index in [-0.39, 0.29) is 5.92 Å². The fourth-order valence-corrected chi connectivity index (χ4v) is 2.54. The van der Waals surface area contributed by atoms with Crippen LogP contribution in [0.2, 0.25) is 0 Å². The van der Waals surface area contributed by atoms with Gasteiger partial charge in [0.2, 0.25) is 0 Å². The lowest BCUT2D eigenvalue weighted by Gasteiger charge is -2.04. The van der Waals surface area contributed by atoms with Gasteiger partial charge >= 0.3 is 5.97 Å². The van der Waals surface area contributed by atoms with Gasteiger partial charge < -0.3 is 5.11 Å². The highest BCUT2D eigenvalue weighted by atomic mass is 16.4. The highest BCUT2D eigenvalue weighted by molar-refractivity contribution is 5.73. The van der Waals surface area contributed by atoms with Gasteiger partial charge in [0.1, 0.15) is 0 Å². The van der Waals surface area contributed by atoms with Crippen LogP contribution in [0, 0.1) is 11.8 Å². The van der Waals surface area contributed by atoms with Gasteiger partial charge in [0.15, 0.2) is 0 Å². The molecule has 0 aromatic heterocycles. The summed E-state index contributed by atoms with van der Waals surface area (Å²) >= 11 is 0. The molecule has 0 bridgehead atoms. The summed E-state index contributed by atoms with van der Waals surface area (Å²) in [5, 5.41) is 8.89. The fraction of sp³-hybridized carbons (Fsp3) is 0.235. The fourth-order valence-electron chi connectivity index (χ4n) is 2.54. The summed E-state index contributed by atoms with van der Waals surface area (Å²) in [5.74, 6) is -0.431. The van der Waals surface area contributed by atoms with Crippen molar-refractivity contribution in [2.24, 2.45) is 11.8 Å². The Morgan fingerprint density at radius 1 is 1.00 bits per heavy atom. The molecule has 2 heteroatoms. The van der Waals surface area contributed by atoms with Gasteiger partial charge in [0, 0.05) is 0 Å². The smallest absolute Gasteiger partial charge is 0.306 e. The maximum absolute atomic E-state index is 10.8. The van der Waals surface area contributed by atoms with Gasteiger partial charge in [-0.1, -0.05) is 54.6 Å². The van der Waals surface area contributed by atoms with Gasteiger partial charge in [0.05, 0.1) is 5.92 Å². The zero-order chi connectivity index (χ0) is 13.2. The predicted molar refractivity (Wildman–Crippen MR) is 74.8 cm³/mol. The topological polar surface area (TPSA) is 37.3 Å². The molecule has 0 aliphatic heterocycles. The maximum Gasteiger partial charge on any atom is 0.306 e. The molecule has 2 nitrogen and oxygen atoms in total. The zero-order valence-electron chi connectivity index (χ0n) is 10.6. The van der Waals surface area contributed by atoms with E-state index in [0.717, 1.165) is 12.8 Å². The second-order valence-electron chi connectivity index (χ2n) is 5.21. The van der Waals surface area contributed by atoms with Crippen molar-refractivity contribution < 1.29 is 9.90 Å². The van der Waals surface area contributed by atoms with Crippen LogP contribution in [0.1, 0.15) is 12.0 Å². The summed E-state index contributed by atoms with van der Waals surface area (Å²) in [7, 11) is 0. The number of benzene rings is 2. The van der Waals surface area contributed by atoms with E-state index in [4.69, 9.17) is 5.11 Å². The Hall–Kier alpha value is -2.09. The third-order valence-corrected chi connectivity index (χ3v) is 3.80. The number of aliphatic carboxylic acids is 1. The Morgan fingerprint density at radius 3 is 2.21 bits per heavy atom. The minimum Gasteiger partial charge on any atom is -0.481 e. The lowest BCUT2D eigenvalue weighted by Crippen LogP contribution is -2.01. The molecule has 0 amide bonds. The average Bonchev–Trinajstić information content (AvgIpc) is 3.20. The standard InChI is InChI=1S/C17H16O2/c18-17(19)16-11-15(16)10-12-6-8-14(9-7-12)13-4-2-1-3-5-13/h1-9,15-16H,10-11H2,(H,18,19). The van der Waals surface area contributed by atoms with Gasteiger partial charge in [-0.3, -0.25) is 4.79 Å². The first-order valence-corrected chi connectivity index (χ1v) is 6.61. The van der Waals surface area contributed by atoms with Crippen molar-refractivity contribution in [3.63, 3.8) is 0 Å². The Kier molecular flexibility index (Phi) is 3.08. The minimum atomic E-state index is -0.647. The second-order valence-corrected chi connectivity index (χ2v) is 5.21. The molecule has 2 unspecified atom stereocenters. The second kappa shape index (κ2) is 4.88. The van der Waals surface area contributed by atoms with E-state index in [1.54, 1.807) is 0 Å². The molecular weight excluding hydrogens is 236 g/mol. The number of hydrogen-bond acceptors (Lipinski definition) is 1. The van der Waals surface area contributed by atoms with Crippen molar-refractivity contribution in [2.45, 2.75) is 12.8 Å². The molecule has 2 aromatic rings. The molecule has 2 atom stereocenters. The molecule has 1 aliphatic carbocycles. The van der Waals surface area contributed by atoms with Crippen molar-refractivity contribution in [3.05, 3.63) is 60.2 Å². The summed E-state index contributed by atoms with van der Waals surface area (Å²) in [4.78, 5) is 10.8. The monoisotopic (exact) mass is 252 g/mol. The van der Waals surface area contributed by atoms with Crippen molar-refractivity contribution in [1.82, 2.24) is 0 Å². The summed E-state index contributed by atoms with van der Waals surface area (Å²) in [6, 6.07) is 18.7. The summed E-state index contributed by atoms with van der Waals surface area (Å²) < 4.78 is 0. The molecule has 0 radical (unpaired) electrons. The van der Waals surface area contributed by atoms with Gasteiger partial charge in [-0.2, -0.15) is 0 Å². The van der Waals surface area contributed by atoms with E-state index < -0.39 is 5.97 Å². The number of carboxylic acids is 1. The van der Waals surface area contributed by atoms with E-state index in [1.165, 1.54) is 16.7 Å². The Labute approximate surface area is 112 Å². The minimum absolute atomic E-state index is 0.117. The summed E-state index contributed by atoms with van der Waals surface area (Å²) in [6.45, 7) is 0. The molecule has 1 fully saturated rings. The number of hydrogen-bond donors (Lipinski definition) is 1. The molecular formula is C17H16O2. The number of carbonyl (C=O) groups is 1. The summed E-state index contributed by atoms with van der Waals surface area (Å²) in [5.41, 5.74) is 3.65. The van der Waals surface area contributed by atoms with Crippen LogP contribution < -0.4 is 0 Å². The molecule has 2 aromatic carbocycles. The van der Waals surface area contributed by atoms with Crippen LogP contribution in [0.4, 0.5) is 0 Å². The van der Waals surface area contributed by atoms with Crippen LogP contribution in [0.5, 0.6) is 0 Å². The van der Waals surface area contributed by atoms with Crippen molar-refractivity contribution in [1.29, 1.82) is 0 Å². The van der Waals surface area contributed by atoms with Gasteiger partial charge in [0.25, 0.3) is 0 Å². The van der Waals surface area contributed by atoms with Crippen LogP contribution in [-0.4, -0.2) is 11.1 Å². The largest absolute Gasteiger partial charge is 0.481 e. The normalized spacial score (nSPS) is 21.1. The average molecular weight is 252 g/mol. The SMILES string of the molecule is O=C(O)C1CC1Cc1ccc(-c2ccccc2)cc1. The lowest BCUT2D eigenvalue weighted by molar-refractivity contribution is -0.138. The van der Waals surface area contributed by atoms with Crippen molar-refractivity contribution >= 4 is 5.97 Å². The van der Waals surface area contributed by atoms with Gasteiger partial charge in [-0.05, 0) is 35.4 Å². The van der Waals surface area contributed by atoms with Crippen molar-refractivity contribution in [3.8, 4) is 11.1 Å². The molecule has 96 valence electrons. The first kappa shape index (κ1) is 12.0. The Morgan fingerprint density at radius 2 is 1.63 bits per heavy atom. The third-order valence-electron chi connectivity index (χ3n) is 3.80. The number of carboxylic acid groups (broad SMARTS) is 1. The quantitative estimate of drug-likeness (QED) is 0.902. The molecule has 1 N–H and O–H groups in total. The Bertz CT molecular complexity index is 572. The van der Waals surface area contributed by atoms with Crippen LogP contribution in [0.25, 0.3) is 11.1 Å². The maximum atomic E-state index is 10.8. The van der Waals surface area contributed by atoms with Gasteiger partial charge in [-0.15, -0.1) is 0 Å². The van der Waals surface area contributed by atoms with Crippen LogP contribution in [0.3, 0.4) is 0 Å². The van der Waals surface area contributed by atoms with Crippen LogP contribution >= 0.6 is 0 Å². The highest BCUT2D eigenvalue weighted by Gasteiger charge is 2.42. The molecule has 3 rings (SSSR count).